The van der Waals surface area contributed by atoms with E-state index in [4.69, 9.17) is 4.74 Å². The molecule has 0 aromatic heterocycles. The van der Waals surface area contributed by atoms with Crippen LogP contribution in [-0.2, 0) is 21.4 Å². The van der Waals surface area contributed by atoms with E-state index in [1.807, 2.05) is 54.6 Å². The standard InChI is InChI=1S/C30H28FNO5S/c1-20(2)29(30(33)34)32-38(35,36)26-15-16-27(28(18-26)22-7-4-3-5-8-22)23-13-11-21(12-14-23)19-37-25-10-6-9-24(31)17-25/h3-18,20,29,32H,19H2,1-2H3,(H,33,34)/t29-/m1/s1. The van der Waals surface area contributed by atoms with Crippen LogP contribution in [0, 0.1) is 11.7 Å². The van der Waals surface area contributed by atoms with Gasteiger partial charge in [-0.15, -0.1) is 0 Å². The molecule has 4 rings (SSSR count). The monoisotopic (exact) mass is 533 g/mol. The van der Waals surface area contributed by atoms with Crippen LogP contribution in [0.15, 0.2) is 102 Å². The van der Waals surface area contributed by atoms with Crippen molar-refractivity contribution in [3.05, 3.63) is 108 Å². The van der Waals surface area contributed by atoms with Crippen LogP contribution in [-0.4, -0.2) is 25.5 Å². The quantitative estimate of drug-likeness (QED) is 0.256. The Bertz CT molecular complexity index is 1520. The molecule has 6 nitrogen and oxygen atoms in total. The average molecular weight is 534 g/mol. The molecule has 2 N–H and O–H groups in total. The van der Waals surface area contributed by atoms with Gasteiger partial charge in [-0.1, -0.05) is 80.6 Å². The van der Waals surface area contributed by atoms with Gasteiger partial charge in [0.25, 0.3) is 0 Å². The van der Waals surface area contributed by atoms with Crippen LogP contribution in [0.5, 0.6) is 5.75 Å². The second-order valence-corrected chi connectivity index (χ2v) is 10.9. The predicted octanol–water partition coefficient (Wildman–Crippen LogP) is 6.13. The number of halogens is 1. The SMILES string of the molecule is CC(C)[C@@H](NS(=O)(=O)c1ccc(-c2ccc(COc3cccc(F)c3)cc2)c(-c2ccccc2)c1)C(=O)O. The van der Waals surface area contributed by atoms with Gasteiger partial charge >= 0.3 is 5.97 Å². The number of rotatable bonds is 10. The fourth-order valence-corrected chi connectivity index (χ4v) is 5.37. The van der Waals surface area contributed by atoms with Gasteiger partial charge in [-0.3, -0.25) is 4.79 Å². The van der Waals surface area contributed by atoms with Crippen LogP contribution in [0.3, 0.4) is 0 Å². The lowest BCUT2D eigenvalue weighted by Gasteiger charge is -2.19. The van der Waals surface area contributed by atoms with Gasteiger partial charge in [-0.25, -0.2) is 12.8 Å². The van der Waals surface area contributed by atoms with Crippen LogP contribution in [0.25, 0.3) is 22.3 Å². The number of aliphatic carboxylic acids is 1. The number of ether oxygens (including phenoxy) is 1. The van der Waals surface area contributed by atoms with E-state index in [-0.39, 0.29) is 17.3 Å². The van der Waals surface area contributed by atoms with Crippen LogP contribution in [0.2, 0.25) is 0 Å². The molecule has 0 spiro atoms. The van der Waals surface area contributed by atoms with Gasteiger partial charge in [0, 0.05) is 6.07 Å². The maximum atomic E-state index is 13.4. The van der Waals surface area contributed by atoms with Crippen molar-refractivity contribution in [2.24, 2.45) is 5.92 Å². The summed E-state index contributed by atoms with van der Waals surface area (Å²) >= 11 is 0. The molecule has 0 radical (unpaired) electrons. The molecule has 38 heavy (non-hydrogen) atoms. The second-order valence-electron chi connectivity index (χ2n) is 9.20. The first kappa shape index (κ1) is 27.0. The molecular formula is C30H28FNO5S. The molecule has 4 aromatic carbocycles. The Morgan fingerprint density at radius 3 is 2.18 bits per heavy atom. The molecule has 0 heterocycles. The second kappa shape index (κ2) is 11.6. The Labute approximate surface area is 221 Å². The van der Waals surface area contributed by atoms with Gasteiger partial charge < -0.3 is 9.84 Å². The smallest absolute Gasteiger partial charge is 0.322 e. The number of carbonyl (C=O) groups is 1. The number of hydrogen-bond acceptors (Lipinski definition) is 4. The van der Waals surface area contributed by atoms with E-state index in [0.29, 0.717) is 11.3 Å². The van der Waals surface area contributed by atoms with Gasteiger partial charge in [0.05, 0.1) is 4.90 Å². The Morgan fingerprint density at radius 2 is 1.55 bits per heavy atom. The largest absolute Gasteiger partial charge is 0.489 e. The van der Waals surface area contributed by atoms with Crippen molar-refractivity contribution in [2.45, 2.75) is 31.4 Å². The summed E-state index contributed by atoms with van der Waals surface area (Å²) in [5, 5.41) is 9.46. The predicted molar refractivity (Wildman–Crippen MR) is 145 cm³/mol. The van der Waals surface area contributed by atoms with Crippen LogP contribution < -0.4 is 9.46 Å². The molecule has 196 valence electrons. The molecule has 0 aliphatic heterocycles. The number of nitrogens with one attached hydrogen (secondary N) is 1. The summed E-state index contributed by atoms with van der Waals surface area (Å²) in [6, 6.07) is 26.5. The molecule has 8 heteroatoms. The molecule has 0 aliphatic carbocycles. The van der Waals surface area contributed by atoms with Crippen molar-refractivity contribution in [1.82, 2.24) is 4.72 Å². The van der Waals surface area contributed by atoms with Crippen molar-refractivity contribution in [3.8, 4) is 28.0 Å². The minimum atomic E-state index is -4.10. The van der Waals surface area contributed by atoms with Crippen LogP contribution in [0.1, 0.15) is 19.4 Å². The number of carboxylic acid groups (broad SMARTS) is 1. The molecule has 1 atom stereocenters. The van der Waals surface area contributed by atoms with Crippen molar-refractivity contribution in [2.75, 3.05) is 0 Å². The fraction of sp³-hybridized carbons (Fsp3) is 0.167. The maximum absolute atomic E-state index is 13.4. The Balaban J connectivity index is 1.65. The zero-order chi connectivity index (χ0) is 27.3. The van der Waals surface area contributed by atoms with Gasteiger partial charge in [0.1, 0.15) is 24.2 Å². The molecule has 0 saturated carbocycles. The van der Waals surface area contributed by atoms with Crippen LogP contribution >= 0.6 is 0 Å². The zero-order valence-electron chi connectivity index (χ0n) is 21.0. The summed E-state index contributed by atoms with van der Waals surface area (Å²) in [7, 11) is -4.10. The third-order valence-electron chi connectivity index (χ3n) is 6.07. The highest BCUT2D eigenvalue weighted by atomic mass is 32.2. The molecular weight excluding hydrogens is 505 g/mol. The molecule has 0 unspecified atom stereocenters. The lowest BCUT2D eigenvalue weighted by Crippen LogP contribution is -2.44. The van der Waals surface area contributed by atoms with E-state index < -0.39 is 28.0 Å². The first-order chi connectivity index (χ1) is 18.1. The Kier molecular flexibility index (Phi) is 8.24. The first-order valence-electron chi connectivity index (χ1n) is 12.1. The van der Waals surface area contributed by atoms with Gasteiger partial charge in [-0.05, 0) is 58.0 Å². The molecule has 0 amide bonds. The summed E-state index contributed by atoms with van der Waals surface area (Å²) in [6.45, 7) is 3.55. The van der Waals surface area contributed by atoms with E-state index >= 15 is 0 Å². The van der Waals surface area contributed by atoms with E-state index in [1.54, 1.807) is 38.1 Å². The number of hydrogen-bond donors (Lipinski definition) is 2. The molecule has 0 aliphatic rings. The van der Waals surface area contributed by atoms with Crippen molar-refractivity contribution >= 4 is 16.0 Å². The Morgan fingerprint density at radius 1 is 0.868 bits per heavy atom. The van der Waals surface area contributed by atoms with Crippen molar-refractivity contribution < 1.29 is 27.4 Å². The summed E-state index contributed by atoms with van der Waals surface area (Å²) in [5.41, 5.74) is 4.06. The molecule has 0 bridgehead atoms. The van der Waals surface area contributed by atoms with Crippen LogP contribution in [0.4, 0.5) is 4.39 Å². The lowest BCUT2D eigenvalue weighted by molar-refractivity contribution is -0.140. The number of sulfonamides is 1. The Hall–Kier alpha value is -4.01. The van der Waals surface area contributed by atoms with E-state index in [2.05, 4.69) is 4.72 Å². The van der Waals surface area contributed by atoms with E-state index in [1.165, 1.54) is 18.2 Å². The normalized spacial score (nSPS) is 12.3. The average Bonchev–Trinajstić information content (AvgIpc) is 2.91. The zero-order valence-corrected chi connectivity index (χ0v) is 21.8. The van der Waals surface area contributed by atoms with Gasteiger partial charge in [0.2, 0.25) is 10.0 Å². The fourth-order valence-electron chi connectivity index (χ4n) is 4.01. The third kappa shape index (κ3) is 6.45. The van der Waals surface area contributed by atoms with Gasteiger partial charge in [-0.2, -0.15) is 4.72 Å². The first-order valence-corrected chi connectivity index (χ1v) is 13.5. The molecule has 0 saturated heterocycles. The van der Waals surface area contributed by atoms with E-state index in [9.17, 15) is 22.7 Å². The highest BCUT2D eigenvalue weighted by Gasteiger charge is 2.28. The molecule has 4 aromatic rings. The topological polar surface area (TPSA) is 92.7 Å². The van der Waals surface area contributed by atoms with Crippen molar-refractivity contribution in [1.29, 1.82) is 0 Å². The lowest BCUT2D eigenvalue weighted by atomic mass is 9.94. The summed E-state index contributed by atoms with van der Waals surface area (Å²) < 4.78 is 47.6. The maximum Gasteiger partial charge on any atom is 0.322 e. The summed E-state index contributed by atoms with van der Waals surface area (Å²) in [4.78, 5) is 11.6. The van der Waals surface area contributed by atoms with E-state index in [0.717, 1.165) is 22.3 Å². The third-order valence-corrected chi connectivity index (χ3v) is 7.51. The molecule has 0 fully saturated rings. The summed E-state index contributed by atoms with van der Waals surface area (Å²) in [6.07, 6.45) is 0. The highest BCUT2D eigenvalue weighted by Crippen LogP contribution is 2.34. The summed E-state index contributed by atoms with van der Waals surface area (Å²) in [5.74, 6) is -1.59. The number of benzene rings is 4. The minimum Gasteiger partial charge on any atom is -0.489 e. The van der Waals surface area contributed by atoms with Gasteiger partial charge in [0.15, 0.2) is 0 Å². The highest BCUT2D eigenvalue weighted by molar-refractivity contribution is 7.89. The minimum absolute atomic E-state index is 0.0212. The number of carboxylic acids is 1. The van der Waals surface area contributed by atoms with Crippen molar-refractivity contribution in [3.63, 3.8) is 0 Å².